The number of hydrogen-bond acceptors (Lipinski definition) is 2. The molecule has 0 fully saturated rings. The van der Waals surface area contributed by atoms with Crippen LogP contribution in [0, 0.1) is 13.8 Å². The van der Waals surface area contributed by atoms with Crippen molar-refractivity contribution in [2.75, 3.05) is 6.61 Å². The lowest BCUT2D eigenvalue weighted by Crippen LogP contribution is -3.00. The summed E-state index contributed by atoms with van der Waals surface area (Å²) < 4.78 is 7.89. The number of halogens is 2. The number of rotatable bonds is 7. The monoisotopic (exact) mass is 327 g/mol. The van der Waals surface area contributed by atoms with Gasteiger partial charge < -0.3 is 21.7 Å². The van der Waals surface area contributed by atoms with Crippen molar-refractivity contribution in [3.63, 3.8) is 0 Å². The van der Waals surface area contributed by atoms with E-state index in [4.69, 9.17) is 16.3 Å². The molecule has 0 aliphatic heterocycles. The second-order valence-electron chi connectivity index (χ2n) is 5.08. The van der Waals surface area contributed by atoms with Gasteiger partial charge in [-0.25, -0.2) is 4.98 Å². The van der Waals surface area contributed by atoms with Crippen LogP contribution in [0.1, 0.15) is 30.4 Å². The molecule has 0 spiro atoms. The highest BCUT2D eigenvalue weighted by atomic mass is 35.5. The molecule has 0 bridgehead atoms. The molecule has 21 heavy (non-hydrogen) atoms. The maximum absolute atomic E-state index is 6.14. The van der Waals surface area contributed by atoms with Gasteiger partial charge in [0, 0.05) is 24.0 Å². The van der Waals surface area contributed by atoms with E-state index in [-0.39, 0.29) is 12.4 Å². The van der Waals surface area contributed by atoms with Crippen LogP contribution in [0.15, 0.2) is 30.9 Å². The van der Waals surface area contributed by atoms with Crippen molar-refractivity contribution in [3.05, 3.63) is 47.0 Å². The van der Waals surface area contributed by atoms with E-state index < -0.39 is 0 Å². The molecular weight excluding hydrogens is 307 g/mol. The largest absolute Gasteiger partial charge is 1.00 e. The van der Waals surface area contributed by atoms with Crippen molar-refractivity contribution < 1.29 is 17.1 Å². The maximum atomic E-state index is 6.14. The number of imidazole rings is 1. The lowest BCUT2D eigenvalue weighted by molar-refractivity contribution is -0.00000478. The second-order valence-corrected chi connectivity index (χ2v) is 5.46. The Bertz CT molecular complexity index is 518. The van der Waals surface area contributed by atoms with Crippen LogP contribution in [0.25, 0.3) is 0 Å². The highest BCUT2D eigenvalue weighted by Crippen LogP contribution is 2.25. The first-order valence-electron chi connectivity index (χ1n) is 7.02. The molecule has 1 aromatic carbocycles. The fraction of sp³-hybridized carbons (Fsp3) is 0.438. The van der Waals surface area contributed by atoms with Crippen molar-refractivity contribution in [1.29, 1.82) is 0 Å². The molecule has 0 amide bonds. The van der Waals surface area contributed by atoms with Crippen molar-refractivity contribution in [1.82, 2.24) is 9.55 Å². The summed E-state index contributed by atoms with van der Waals surface area (Å²) in [5.41, 5.74) is 2.14. The molecule has 2 rings (SSSR count). The third kappa shape index (κ3) is 5.60. The summed E-state index contributed by atoms with van der Waals surface area (Å²) in [7, 11) is 0. The predicted octanol–water partition coefficient (Wildman–Crippen LogP) is 1.41. The molecule has 0 aliphatic carbocycles. The fourth-order valence-corrected chi connectivity index (χ4v) is 2.28. The molecule has 1 heterocycles. The van der Waals surface area contributed by atoms with E-state index in [1.165, 1.54) is 0 Å². The minimum Gasteiger partial charge on any atom is -1.00 e. The van der Waals surface area contributed by atoms with Gasteiger partial charge in [-0.2, -0.15) is 0 Å². The fourth-order valence-electron chi connectivity index (χ4n) is 2.17. The van der Waals surface area contributed by atoms with Crippen LogP contribution < -0.4 is 17.1 Å². The van der Waals surface area contributed by atoms with Gasteiger partial charge in [0.05, 0.1) is 12.9 Å². The van der Waals surface area contributed by atoms with Crippen molar-refractivity contribution in [2.24, 2.45) is 0 Å². The highest BCUT2D eigenvalue weighted by molar-refractivity contribution is 6.32. The average Bonchev–Trinajstić information content (AvgIpc) is 2.93. The summed E-state index contributed by atoms with van der Waals surface area (Å²) in [5, 5.41) is 0.831. The average molecular weight is 328 g/mol. The number of benzene rings is 1. The van der Waals surface area contributed by atoms with Gasteiger partial charge in [-0.3, -0.25) is 0 Å². The molecule has 0 saturated carbocycles. The number of nitrogens with zero attached hydrogens (tertiary/aromatic N) is 2. The van der Waals surface area contributed by atoms with Gasteiger partial charge in [-0.05, 0) is 56.4 Å². The quantitative estimate of drug-likeness (QED) is 0.719. The smallest absolute Gasteiger partial charge is 0.119 e. The van der Waals surface area contributed by atoms with Crippen LogP contribution in [-0.2, 0) is 6.54 Å². The van der Waals surface area contributed by atoms with Crippen LogP contribution in [0.4, 0.5) is 0 Å². The van der Waals surface area contributed by atoms with Gasteiger partial charge in [0.15, 0.2) is 0 Å². The summed E-state index contributed by atoms with van der Waals surface area (Å²) in [6.07, 6.45) is 9.04. The maximum Gasteiger partial charge on any atom is 0.119 e. The number of aryl methyl sites for hydroxylation is 3. The number of unbranched alkanes of at least 4 members (excludes halogenated alkanes) is 2. The molecule has 0 radical (unpaired) electrons. The van der Waals surface area contributed by atoms with Crippen LogP contribution in [0.5, 0.6) is 5.75 Å². The first kappa shape index (κ1) is 17.9. The van der Waals surface area contributed by atoms with E-state index in [2.05, 4.69) is 9.55 Å². The summed E-state index contributed by atoms with van der Waals surface area (Å²) in [6, 6.07) is 4.00. The molecule has 0 aliphatic rings. The van der Waals surface area contributed by atoms with E-state index in [0.717, 1.165) is 54.3 Å². The Morgan fingerprint density at radius 2 is 1.86 bits per heavy atom. The minimum atomic E-state index is 0. The van der Waals surface area contributed by atoms with Crippen molar-refractivity contribution in [3.8, 4) is 5.75 Å². The van der Waals surface area contributed by atoms with Gasteiger partial charge in [0.25, 0.3) is 0 Å². The van der Waals surface area contributed by atoms with Gasteiger partial charge in [0.1, 0.15) is 5.75 Å². The molecule has 0 atom stereocenters. The summed E-state index contributed by atoms with van der Waals surface area (Å²) in [4.78, 5) is 4.03. The third-order valence-corrected chi connectivity index (χ3v) is 3.89. The Balaban J connectivity index is 0.00000220. The molecular formula is C16H21Cl2N2O-. The molecule has 0 unspecified atom stereocenters. The van der Waals surface area contributed by atoms with E-state index in [1.54, 1.807) is 0 Å². The molecule has 0 N–H and O–H groups in total. The Morgan fingerprint density at radius 3 is 2.48 bits per heavy atom. The van der Waals surface area contributed by atoms with Gasteiger partial charge in [0.2, 0.25) is 0 Å². The zero-order valence-electron chi connectivity index (χ0n) is 12.5. The van der Waals surface area contributed by atoms with E-state index >= 15 is 0 Å². The lowest BCUT2D eigenvalue weighted by Gasteiger charge is -2.10. The Labute approximate surface area is 137 Å². The van der Waals surface area contributed by atoms with Crippen molar-refractivity contribution >= 4 is 11.6 Å². The Morgan fingerprint density at radius 1 is 1.14 bits per heavy atom. The van der Waals surface area contributed by atoms with Crippen LogP contribution in [-0.4, -0.2) is 16.2 Å². The summed E-state index contributed by atoms with van der Waals surface area (Å²) >= 11 is 6.14. The van der Waals surface area contributed by atoms with Crippen molar-refractivity contribution in [2.45, 2.75) is 39.7 Å². The lowest BCUT2D eigenvalue weighted by atomic mass is 10.1. The van der Waals surface area contributed by atoms with Gasteiger partial charge >= 0.3 is 0 Å². The zero-order chi connectivity index (χ0) is 14.4. The zero-order valence-corrected chi connectivity index (χ0v) is 14.0. The molecule has 1 aromatic heterocycles. The molecule has 2 aromatic rings. The van der Waals surface area contributed by atoms with Crippen LogP contribution in [0.2, 0.25) is 5.02 Å². The standard InChI is InChI=1S/C16H21ClN2O.ClH/c1-13-10-15(11-14(2)16(13)17)20-9-5-3-4-7-19-8-6-18-12-19;/h6,8,10-12H,3-5,7,9H2,1-2H3;1H/p-1. The van der Waals surface area contributed by atoms with Crippen LogP contribution in [0.3, 0.4) is 0 Å². The normalized spacial score (nSPS) is 10.2. The molecule has 0 saturated heterocycles. The first-order valence-corrected chi connectivity index (χ1v) is 7.40. The Kier molecular flexibility index (Phi) is 7.62. The SMILES string of the molecule is Cc1cc(OCCCCCn2ccnc2)cc(C)c1Cl.[Cl-]. The molecule has 116 valence electrons. The van der Waals surface area contributed by atoms with Gasteiger partial charge in [-0.1, -0.05) is 11.6 Å². The van der Waals surface area contributed by atoms with E-state index in [0.29, 0.717) is 0 Å². The number of aromatic nitrogens is 2. The number of ether oxygens (including phenoxy) is 1. The van der Waals surface area contributed by atoms with Gasteiger partial charge in [-0.15, -0.1) is 0 Å². The number of hydrogen-bond donors (Lipinski definition) is 0. The summed E-state index contributed by atoms with van der Waals surface area (Å²) in [5.74, 6) is 0.916. The second kappa shape index (κ2) is 8.96. The highest BCUT2D eigenvalue weighted by Gasteiger charge is 2.03. The van der Waals surface area contributed by atoms with Crippen LogP contribution >= 0.6 is 11.6 Å². The Hall–Kier alpha value is -1.19. The topological polar surface area (TPSA) is 27.1 Å². The molecule has 3 nitrogen and oxygen atoms in total. The predicted molar refractivity (Wildman–Crippen MR) is 82.5 cm³/mol. The van der Waals surface area contributed by atoms with E-state index in [1.807, 2.05) is 44.7 Å². The summed E-state index contributed by atoms with van der Waals surface area (Å²) in [6.45, 7) is 5.80. The molecule has 5 heteroatoms. The third-order valence-electron chi connectivity index (χ3n) is 3.30. The minimum absolute atomic E-state index is 0. The van der Waals surface area contributed by atoms with E-state index in [9.17, 15) is 0 Å². The first-order chi connectivity index (χ1) is 9.66.